The predicted molar refractivity (Wildman–Crippen MR) is 141 cm³/mol. The van der Waals surface area contributed by atoms with Gasteiger partial charge in [0, 0.05) is 11.1 Å². The van der Waals surface area contributed by atoms with Gasteiger partial charge in [0.1, 0.15) is 5.82 Å². The average molecular weight is 495 g/mol. The smallest absolute Gasteiger partial charge is 0.166 e. The molecule has 4 heteroatoms. The van der Waals surface area contributed by atoms with Crippen LogP contribution in [-0.4, -0.2) is 6.61 Å². The molecule has 192 valence electrons. The molecule has 4 rings (SSSR count). The fourth-order valence-electron chi connectivity index (χ4n) is 5.15. The molecular formula is C32H37F3O. The van der Waals surface area contributed by atoms with Crippen molar-refractivity contribution in [3.05, 3.63) is 83.2 Å². The summed E-state index contributed by atoms with van der Waals surface area (Å²) in [5, 5.41) is 0. The molecule has 1 nitrogen and oxygen atoms in total. The maximum absolute atomic E-state index is 15.1. The highest BCUT2D eigenvalue weighted by Gasteiger charge is 2.23. The third-order valence-corrected chi connectivity index (χ3v) is 7.42. The second kappa shape index (κ2) is 12.6. The third kappa shape index (κ3) is 6.21. The zero-order valence-electron chi connectivity index (χ0n) is 21.5. The molecule has 3 aromatic carbocycles. The minimum Gasteiger partial charge on any atom is -0.373 e. The van der Waals surface area contributed by atoms with E-state index >= 15 is 4.39 Å². The molecule has 2 atom stereocenters. The van der Waals surface area contributed by atoms with E-state index < -0.39 is 11.6 Å². The zero-order valence-corrected chi connectivity index (χ0v) is 21.5. The Kier molecular flexibility index (Phi) is 9.25. The van der Waals surface area contributed by atoms with E-state index in [1.807, 2.05) is 13.0 Å². The van der Waals surface area contributed by atoms with Crippen molar-refractivity contribution in [3.63, 3.8) is 0 Å². The van der Waals surface area contributed by atoms with Crippen LogP contribution in [0.4, 0.5) is 13.2 Å². The van der Waals surface area contributed by atoms with Gasteiger partial charge in [0.05, 0.1) is 12.7 Å². The lowest BCUT2D eigenvalue weighted by molar-refractivity contribution is -0.0200. The Labute approximate surface area is 213 Å². The van der Waals surface area contributed by atoms with Gasteiger partial charge in [-0.15, -0.1) is 0 Å². The lowest BCUT2D eigenvalue weighted by atomic mass is 9.90. The summed E-state index contributed by atoms with van der Waals surface area (Å²) in [5.41, 5.74) is 3.26. The number of hydrogen-bond acceptors (Lipinski definition) is 1. The minimum absolute atomic E-state index is 0.0588. The van der Waals surface area contributed by atoms with Crippen molar-refractivity contribution in [2.24, 2.45) is 5.92 Å². The van der Waals surface area contributed by atoms with Gasteiger partial charge in [0.2, 0.25) is 0 Å². The molecule has 0 N–H and O–H groups in total. The van der Waals surface area contributed by atoms with Crippen molar-refractivity contribution in [1.82, 2.24) is 0 Å². The van der Waals surface area contributed by atoms with Gasteiger partial charge < -0.3 is 4.74 Å². The normalized spacial score (nSPS) is 17.9. The Balaban J connectivity index is 1.44. The monoisotopic (exact) mass is 494 g/mol. The molecule has 0 aromatic heterocycles. The van der Waals surface area contributed by atoms with Crippen LogP contribution in [0, 0.1) is 23.4 Å². The Morgan fingerprint density at radius 3 is 2.08 bits per heavy atom. The van der Waals surface area contributed by atoms with Gasteiger partial charge in [-0.1, -0.05) is 88.1 Å². The maximum Gasteiger partial charge on any atom is 0.166 e. The first-order valence-electron chi connectivity index (χ1n) is 13.5. The number of hydrogen-bond donors (Lipinski definition) is 0. The van der Waals surface area contributed by atoms with E-state index in [1.165, 1.54) is 25.7 Å². The quantitative estimate of drug-likeness (QED) is 0.255. The third-order valence-electron chi connectivity index (χ3n) is 7.42. The molecule has 0 bridgehead atoms. The molecular weight excluding hydrogens is 457 g/mol. The molecule has 0 saturated carbocycles. The van der Waals surface area contributed by atoms with Crippen molar-refractivity contribution < 1.29 is 17.9 Å². The van der Waals surface area contributed by atoms with Gasteiger partial charge in [-0.05, 0) is 66.3 Å². The van der Waals surface area contributed by atoms with Crippen LogP contribution < -0.4 is 0 Å². The van der Waals surface area contributed by atoms with Crippen molar-refractivity contribution in [2.45, 2.75) is 77.7 Å². The molecule has 1 fully saturated rings. The van der Waals surface area contributed by atoms with Crippen LogP contribution in [-0.2, 0) is 11.2 Å². The van der Waals surface area contributed by atoms with Crippen LogP contribution in [0.25, 0.3) is 22.3 Å². The topological polar surface area (TPSA) is 9.23 Å². The minimum atomic E-state index is -0.827. The summed E-state index contributed by atoms with van der Waals surface area (Å²) in [6.45, 7) is 4.98. The summed E-state index contributed by atoms with van der Waals surface area (Å²) in [4.78, 5) is 0. The lowest BCUT2D eigenvalue weighted by Crippen LogP contribution is -2.20. The maximum atomic E-state index is 15.1. The number of rotatable bonds is 10. The molecule has 1 aliphatic heterocycles. The molecule has 2 unspecified atom stereocenters. The van der Waals surface area contributed by atoms with Gasteiger partial charge >= 0.3 is 0 Å². The highest BCUT2D eigenvalue weighted by molar-refractivity contribution is 5.71. The molecule has 36 heavy (non-hydrogen) atoms. The fraction of sp³-hybridized carbons (Fsp3) is 0.438. The SMILES string of the molecule is CCCCCC1CCC(c2ccc(-c3ccc(-c4ccc(CCCC)c(F)c4F)cc3)c(F)c2)OC1. The molecule has 1 heterocycles. The van der Waals surface area contributed by atoms with E-state index in [0.29, 0.717) is 34.6 Å². The Hall–Kier alpha value is -2.59. The number of benzene rings is 3. The molecule has 3 aromatic rings. The summed E-state index contributed by atoms with van der Waals surface area (Å²) in [6, 6.07) is 15.6. The van der Waals surface area contributed by atoms with Gasteiger partial charge in [0.15, 0.2) is 11.6 Å². The first-order valence-corrected chi connectivity index (χ1v) is 13.5. The summed E-state index contributed by atoms with van der Waals surface area (Å²) in [5.74, 6) is -1.29. The van der Waals surface area contributed by atoms with Crippen LogP contribution in [0.15, 0.2) is 54.6 Å². The van der Waals surface area contributed by atoms with E-state index in [4.69, 9.17) is 4.74 Å². The van der Waals surface area contributed by atoms with Crippen LogP contribution in [0.2, 0.25) is 0 Å². The van der Waals surface area contributed by atoms with Gasteiger partial charge in [0.25, 0.3) is 0 Å². The molecule has 0 amide bonds. The van der Waals surface area contributed by atoms with E-state index in [0.717, 1.165) is 37.9 Å². The van der Waals surface area contributed by atoms with Crippen molar-refractivity contribution >= 4 is 0 Å². The highest BCUT2D eigenvalue weighted by atomic mass is 19.2. The van der Waals surface area contributed by atoms with E-state index in [2.05, 4.69) is 6.92 Å². The van der Waals surface area contributed by atoms with Crippen LogP contribution in [0.3, 0.4) is 0 Å². The number of halogens is 3. The number of unbranched alkanes of at least 4 members (excludes halogenated alkanes) is 3. The van der Waals surface area contributed by atoms with Crippen molar-refractivity contribution in [1.29, 1.82) is 0 Å². The Bertz CT molecular complexity index is 1130. The first-order chi connectivity index (χ1) is 17.5. The molecule has 0 aliphatic carbocycles. The van der Waals surface area contributed by atoms with Crippen molar-refractivity contribution in [3.8, 4) is 22.3 Å². The molecule has 1 aliphatic rings. The lowest BCUT2D eigenvalue weighted by Gasteiger charge is -2.29. The van der Waals surface area contributed by atoms with E-state index in [1.54, 1.807) is 48.5 Å². The standard InChI is InChI=1S/C32H37F3O/c1-3-5-7-8-22-10-19-30(36-21-22)26-16-17-27(29(33)20-26)23-11-13-24(14-12-23)28-18-15-25(9-6-4-2)31(34)32(28)35/h11-18,20,22,30H,3-10,19,21H2,1-2H3. The Morgan fingerprint density at radius 2 is 1.44 bits per heavy atom. The van der Waals surface area contributed by atoms with Crippen LogP contribution in [0.5, 0.6) is 0 Å². The largest absolute Gasteiger partial charge is 0.373 e. The molecule has 0 radical (unpaired) electrons. The predicted octanol–water partition coefficient (Wildman–Crippen LogP) is 9.83. The van der Waals surface area contributed by atoms with Gasteiger partial charge in [-0.25, -0.2) is 13.2 Å². The number of ether oxygens (including phenoxy) is 1. The fourth-order valence-corrected chi connectivity index (χ4v) is 5.15. The van der Waals surface area contributed by atoms with Gasteiger partial charge in [-0.3, -0.25) is 0 Å². The molecule has 1 saturated heterocycles. The van der Waals surface area contributed by atoms with E-state index in [9.17, 15) is 8.78 Å². The van der Waals surface area contributed by atoms with Crippen LogP contribution >= 0.6 is 0 Å². The second-order valence-electron chi connectivity index (χ2n) is 10.1. The van der Waals surface area contributed by atoms with Crippen molar-refractivity contribution in [2.75, 3.05) is 6.61 Å². The zero-order chi connectivity index (χ0) is 25.5. The summed E-state index contributed by atoms with van der Waals surface area (Å²) >= 11 is 0. The second-order valence-corrected chi connectivity index (χ2v) is 10.1. The highest BCUT2D eigenvalue weighted by Crippen LogP contribution is 2.35. The van der Waals surface area contributed by atoms with E-state index in [-0.39, 0.29) is 17.5 Å². The molecule has 0 spiro atoms. The number of aryl methyl sites for hydroxylation is 1. The summed E-state index contributed by atoms with van der Waals surface area (Å²) < 4.78 is 50.4. The first kappa shape index (κ1) is 26.5. The average Bonchev–Trinajstić information content (AvgIpc) is 2.90. The van der Waals surface area contributed by atoms with Crippen LogP contribution in [0.1, 0.15) is 82.4 Å². The Morgan fingerprint density at radius 1 is 0.750 bits per heavy atom. The van der Waals surface area contributed by atoms with Gasteiger partial charge in [-0.2, -0.15) is 0 Å². The summed E-state index contributed by atoms with van der Waals surface area (Å²) in [6.07, 6.45) is 9.22. The summed E-state index contributed by atoms with van der Waals surface area (Å²) in [7, 11) is 0.